The molecule has 0 atom stereocenters. The van der Waals surface area contributed by atoms with Gasteiger partial charge in [0, 0.05) is 59.9 Å². The van der Waals surface area contributed by atoms with Crippen molar-refractivity contribution in [2.75, 3.05) is 37.9 Å². The minimum absolute atomic E-state index is 0.0468. The second-order valence-corrected chi connectivity index (χ2v) is 11.7. The lowest BCUT2D eigenvalue weighted by molar-refractivity contribution is 0.112. The van der Waals surface area contributed by atoms with Crippen LogP contribution in [0.5, 0.6) is 0 Å². The average Bonchev–Trinajstić information content (AvgIpc) is 2.90. The molecule has 0 unspecified atom stereocenters. The molecular formula is C28H27Cl2FN4O3S. The molecular weight excluding hydrogens is 562 g/mol. The number of carbonyl (C=O) groups excluding carboxylic acids is 1. The quantitative estimate of drug-likeness (QED) is 0.290. The second kappa shape index (κ2) is 12.8. The van der Waals surface area contributed by atoms with Gasteiger partial charge in [-0.15, -0.1) is 0 Å². The molecule has 0 amide bonds. The van der Waals surface area contributed by atoms with Crippen LogP contribution in [0.2, 0.25) is 10.0 Å². The lowest BCUT2D eigenvalue weighted by Crippen LogP contribution is -2.43. The van der Waals surface area contributed by atoms with Gasteiger partial charge in [0.05, 0.1) is 11.2 Å². The Bertz CT molecular complexity index is 1550. The lowest BCUT2D eigenvalue weighted by atomic mass is 10.2. The topological polar surface area (TPSA) is 82.6 Å². The zero-order valence-corrected chi connectivity index (χ0v) is 23.5. The Labute approximate surface area is 237 Å². The summed E-state index contributed by atoms with van der Waals surface area (Å²) in [4.78, 5) is 19.4. The molecule has 7 nitrogen and oxygen atoms in total. The summed E-state index contributed by atoms with van der Waals surface area (Å²) in [5, 5.41) is 2.10. The van der Waals surface area contributed by atoms with Crippen LogP contribution in [-0.4, -0.2) is 62.7 Å². The van der Waals surface area contributed by atoms with E-state index in [2.05, 4.69) is 26.6 Å². The third-order valence-electron chi connectivity index (χ3n) is 6.18. The number of para-hydroxylation sites is 1. The Morgan fingerprint density at radius 1 is 0.974 bits per heavy atom. The number of pyridine rings is 1. The van der Waals surface area contributed by atoms with Crippen LogP contribution in [-0.2, 0) is 16.6 Å². The predicted molar refractivity (Wildman–Crippen MR) is 154 cm³/mol. The van der Waals surface area contributed by atoms with Gasteiger partial charge >= 0.3 is 0 Å². The van der Waals surface area contributed by atoms with Crippen molar-refractivity contribution in [3.05, 3.63) is 99.9 Å². The molecule has 11 heteroatoms. The van der Waals surface area contributed by atoms with Gasteiger partial charge < -0.3 is 4.90 Å². The summed E-state index contributed by atoms with van der Waals surface area (Å²) >= 11 is 12.0. The van der Waals surface area contributed by atoms with Gasteiger partial charge in [0.15, 0.2) is 0 Å². The minimum Gasteiger partial charge on any atom is -0.304 e. The molecule has 4 aromatic rings. The Hall–Kier alpha value is -3.08. The van der Waals surface area contributed by atoms with Crippen molar-refractivity contribution >= 4 is 56.1 Å². The number of likely N-dealkylation sites (N-methyl/N-ethyl adjacent to an activating group) is 1. The highest BCUT2D eigenvalue weighted by atomic mass is 35.5. The molecule has 0 saturated carbocycles. The monoisotopic (exact) mass is 588 g/mol. The molecule has 0 bridgehead atoms. The van der Waals surface area contributed by atoms with Crippen LogP contribution < -0.4 is 4.72 Å². The first-order valence-electron chi connectivity index (χ1n) is 12.1. The summed E-state index contributed by atoms with van der Waals surface area (Å²) in [5.41, 5.74) is 1.38. The van der Waals surface area contributed by atoms with Crippen LogP contribution in [0.1, 0.15) is 15.9 Å². The van der Waals surface area contributed by atoms with Gasteiger partial charge in [-0.2, -0.15) is 0 Å². The molecule has 1 aliphatic rings. The first-order valence-corrected chi connectivity index (χ1v) is 14.4. The van der Waals surface area contributed by atoms with E-state index in [1.807, 2.05) is 12.1 Å². The molecule has 1 saturated heterocycles. The summed E-state index contributed by atoms with van der Waals surface area (Å²) in [5.74, 6) is -0.827. The van der Waals surface area contributed by atoms with Crippen molar-refractivity contribution in [2.24, 2.45) is 0 Å². The number of aromatic nitrogens is 1. The fourth-order valence-corrected chi connectivity index (χ4v) is 5.97. The number of aldehydes is 1. The maximum atomic E-state index is 13.9. The number of rotatable bonds is 6. The molecule has 0 radical (unpaired) electrons. The molecule has 0 aliphatic carbocycles. The van der Waals surface area contributed by atoms with Crippen molar-refractivity contribution in [1.29, 1.82) is 0 Å². The van der Waals surface area contributed by atoms with Crippen molar-refractivity contribution < 1.29 is 17.6 Å². The highest BCUT2D eigenvalue weighted by Crippen LogP contribution is 2.25. The molecule has 1 aliphatic heterocycles. The minimum atomic E-state index is -4.02. The number of fused-ring (bicyclic) bond motifs is 1. The molecule has 1 aromatic heterocycles. The second-order valence-electron chi connectivity index (χ2n) is 9.15. The van der Waals surface area contributed by atoms with Crippen molar-refractivity contribution in [1.82, 2.24) is 14.8 Å². The SMILES string of the molecule is CN1CCN(Cc2cc(Cl)cc(Cl)c2)CC1.O=Cc1ccc(NS(=O)(=O)c2cccc3cccnc23)c(F)c1. The summed E-state index contributed by atoms with van der Waals surface area (Å²) in [6.45, 7) is 5.43. The summed E-state index contributed by atoms with van der Waals surface area (Å²) in [6, 6.07) is 17.4. The van der Waals surface area contributed by atoms with Crippen LogP contribution in [0.3, 0.4) is 0 Å². The molecule has 5 rings (SSSR count). The normalized spacial score (nSPS) is 14.5. The first-order chi connectivity index (χ1) is 18.6. The molecule has 3 aromatic carbocycles. The van der Waals surface area contributed by atoms with E-state index >= 15 is 0 Å². The molecule has 2 heterocycles. The average molecular weight is 590 g/mol. The van der Waals surface area contributed by atoms with Crippen LogP contribution in [0.15, 0.2) is 77.8 Å². The van der Waals surface area contributed by atoms with E-state index in [9.17, 15) is 17.6 Å². The van der Waals surface area contributed by atoms with Crippen LogP contribution in [0, 0.1) is 5.82 Å². The fraction of sp³-hybridized carbons (Fsp3) is 0.214. The number of hydrogen-bond acceptors (Lipinski definition) is 6. The zero-order valence-electron chi connectivity index (χ0n) is 21.1. The lowest BCUT2D eigenvalue weighted by Gasteiger charge is -2.32. The Kier molecular flexibility index (Phi) is 9.53. The van der Waals surface area contributed by atoms with E-state index in [0.717, 1.165) is 48.8 Å². The summed E-state index contributed by atoms with van der Waals surface area (Å²) < 4.78 is 41.2. The molecule has 1 N–H and O–H groups in total. The molecule has 39 heavy (non-hydrogen) atoms. The predicted octanol–water partition coefficient (Wildman–Crippen LogP) is 5.73. The Balaban J connectivity index is 0.000000193. The number of piperazine rings is 1. The number of benzene rings is 3. The zero-order chi connectivity index (χ0) is 28.0. The van der Waals surface area contributed by atoms with Gasteiger partial charge in [0.1, 0.15) is 17.0 Å². The fourth-order valence-electron chi connectivity index (χ4n) is 4.15. The number of nitrogens with zero attached hydrogens (tertiary/aromatic N) is 3. The van der Waals surface area contributed by atoms with E-state index in [1.54, 1.807) is 30.3 Å². The highest BCUT2D eigenvalue weighted by Gasteiger charge is 2.20. The van der Waals surface area contributed by atoms with Crippen molar-refractivity contribution in [2.45, 2.75) is 11.4 Å². The van der Waals surface area contributed by atoms with Crippen LogP contribution in [0.25, 0.3) is 10.9 Å². The maximum Gasteiger partial charge on any atom is 0.264 e. The number of nitrogens with one attached hydrogen (secondary N) is 1. The largest absolute Gasteiger partial charge is 0.304 e. The van der Waals surface area contributed by atoms with Gasteiger partial charge in [-0.25, -0.2) is 12.8 Å². The third-order valence-corrected chi connectivity index (χ3v) is 8.02. The smallest absolute Gasteiger partial charge is 0.264 e. The van der Waals surface area contributed by atoms with E-state index in [1.165, 1.54) is 30.0 Å². The summed E-state index contributed by atoms with van der Waals surface area (Å²) in [6.07, 6.45) is 1.97. The number of halogens is 3. The van der Waals surface area contributed by atoms with E-state index < -0.39 is 15.8 Å². The molecule has 1 fully saturated rings. The number of sulfonamides is 1. The van der Waals surface area contributed by atoms with Gasteiger partial charge in [-0.1, -0.05) is 41.4 Å². The molecule has 204 valence electrons. The van der Waals surface area contributed by atoms with E-state index in [-0.39, 0.29) is 16.1 Å². The van der Waals surface area contributed by atoms with E-state index in [0.29, 0.717) is 17.2 Å². The van der Waals surface area contributed by atoms with E-state index in [4.69, 9.17) is 23.2 Å². The van der Waals surface area contributed by atoms with Gasteiger partial charge in [-0.05, 0) is 61.1 Å². The van der Waals surface area contributed by atoms with Crippen LogP contribution >= 0.6 is 23.2 Å². The first kappa shape index (κ1) is 28.9. The van der Waals surface area contributed by atoms with Gasteiger partial charge in [-0.3, -0.25) is 19.4 Å². The van der Waals surface area contributed by atoms with Gasteiger partial charge in [0.2, 0.25) is 0 Å². The number of anilines is 1. The Morgan fingerprint density at radius 3 is 2.33 bits per heavy atom. The highest BCUT2D eigenvalue weighted by molar-refractivity contribution is 7.93. The number of carbonyl (C=O) groups is 1. The maximum absolute atomic E-state index is 13.9. The third kappa shape index (κ3) is 7.74. The summed E-state index contributed by atoms with van der Waals surface area (Å²) in [7, 11) is -1.86. The standard InChI is InChI=1S/C16H11FN2O3S.C12H16Cl2N2/c17-13-9-11(10-20)6-7-14(13)19-23(21,22)15-5-1-3-12-4-2-8-18-16(12)15;1-15-2-4-16(5-3-15)9-10-6-11(13)8-12(14)7-10/h1-10,19H;6-8H,2-5,9H2,1H3. The van der Waals surface area contributed by atoms with Crippen LogP contribution in [0.4, 0.5) is 10.1 Å². The van der Waals surface area contributed by atoms with Crippen molar-refractivity contribution in [3.8, 4) is 0 Å². The van der Waals surface area contributed by atoms with Crippen molar-refractivity contribution in [3.63, 3.8) is 0 Å². The van der Waals surface area contributed by atoms with Gasteiger partial charge in [0.25, 0.3) is 10.0 Å². The Morgan fingerprint density at radius 2 is 1.67 bits per heavy atom. The number of hydrogen-bond donors (Lipinski definition) is 1. The molecule has 0 spiro atoms.